The third-order valence-electron chi connectivity index (χ3n) is 2.28. The van der Waals surface area contributed by atoms with Gasteiger partial charge in [-0.3, -0.25) is 0 Å². The van der Waals surface area contributed by atoms with Crippen LogP contribution in [0.1, 0.15) is 32.4 Å². The second kappa shape index (κ2) is 5.12. The van der Waals surface area contributed by atoms with E-state index in [1.165, 1.54) is 0 Å². The van der Waals surface area contributed by atoms with Crippen molar-refractivity contribution in [2.75, 3.05) is 18.5 Å². The molecule has 0 aliphatic heterocycles. The van der Waals surface area contributed by atoms with E-state index in [1.807, 2.05) is 19.2 Å². The molecule has 0 aromatic carbocycles. The van der Waals surface area contributed by atoms with Gasteiger partial charge in [0.25, 0.3) is 0 Å². The van der Waals surface area contributed by atoms with Crippen LogP contribution in [0.25, 0.3) is 0 Å². The number of pyridine rings is 1. The van der Waals surface area contributed by atoms with Crippen molar-refractivity contribution in [3.63, 3.8) is 0 Å². The van der Waals surface area contributed by atoms with Crippen molar-refractivity contribution >= 4 is 5.82 Å². The fourth-order valence-corrected chi connectivity index (χ4v) is 1.54. The molecule has 1 aromatic rings. The zero-order valence-corrected chi connectivity index (χ0v) is 9.94. The molecule has 15 heavy (non-hydrogen) atoms. The Bertz CT molecular complexity index is 310. The number of hydrogen-bond acceptors (Lipinski definition) is 3. The van der Waals surface area contributed by atoms with Crippen LogP contribution in [0, 0.1) is 5.92 Å². The highest BCUT2D eigenvalue weighted by Gasteiger charge is 2.07. The van der Waals surface area contributed by atoms with E-state index in [2.05, 4.69) is 23.7 Å². The molecule has 1 aromatic heterocycles. The molecule has 84 valence electrons. The highest BCUT2D eigenvalue weighted by molar-refractivity contribution is 5.40. The first kappa shape index (κ1) is 12.0. The molecule has 0 saturated carbocycles. The smallest absolute Gasteiger partial charge is 0.128 e. The monoisotopic (exact) mass is 208 g/mol. The molecular weight excluding hydrogens is 188 g/mol. The Morgan fingerprint density at radius 2 is 2.07 bits per heavy atom. The highest BCUT2D eigenvalue weighted by atomic mass is 16.3. The van der Waals surface area contributed by atoms with Gasteiger partial charge in [-0.1, -0.05) is 13.8 Å². The average molecular weight is 208 g/mol. The van der Waals surface area contributed by atoms with E-state index < -0.39 is 6.10 Å². The van der Waals surface area contributed by atoms with Crippen LogP contribution < -0.4 is 4.90 Å². The minimum absolute atomic E-state index is 0.431. The van der Waals surface area contributed by atoms with Gasteiger partial charge in [0.1, 0.15) is 5.82 Å². The molecule has 0 unspecified atom stereocenters. The molecule has 0 bridgehead atoms. The average Bonchev–Trinajstić information content (AvgIpc) is 2.17. The van der Waals surface area contributed by atoms with Crippen LogP contribution in [-0.4, -0.2) is 23.7 Å². The van der Waals surface area contributed by atoms with E-state index in [4.69, 9.17) is 0 Å². The number of aromatic nitrogens is 1. The molecule has 0 spiro atoms. The Labute approximate surface area is 91.8 Å². The topological polar surface area (TPSA) is 36.4 Å². The van der Waals surface area contributed by atoms with E-state index in [0.717, 1.165) is 17.9 Å². The fourth-order valence-electron chi connectivity index (χ4n) is 1.54. The van der Waals surface area contributed by atoms with Gasteiger partial charge in [-0.05, 0) is 30.5 Å². The summed E-state index contributed by atoms with van der Waals surface area (Å²) >= 11 is 0. The molecule has 0 aliphatic rings. The third kappa shape index (κ3) is 3.51. The van der Waals surface area contributed by atoms with Gasteiger partial charge in [-0.2, -0.15) is 0 Å². The summed E-state index contributed by atoms with van der Waals surface area (Å²) in [4.78, 5) is 6.40. The van der Waals surface area contributed by atoms with Crippen molar-refractivity contribution in [2.45, 2.75) is 26.9 Å². The lowest BCUT2D eigenvalue weighted by atomic mass is 10.1. The van der Waals surface area contributed by atoms with Crippen LogP contribution in [0.15, 0.2) is 18.3 Å². The first-order valence-corrected chi connectivity index (χ1v) is 5.36. The summed E-state index contributed by atoms with van der Waals surface area (Å²) in [5.74, 6) is 1.52. The number of hydrogen-bond donors (Lipinski definition) is 1. The predicted molar refractivity (Wildman–Crippen MR) is 63.0 cm³/mol. The molecule has 0 radical (unpaired) electrons. The lowest BCUT2D eigenvalue weighted by Gasteiger charge is -2.21. The SMILES string of the molecule is CC(C)CN(C)c1cc([C@@H](C)O)ccn1. The number of anilines is 1. The Morgan fingerprint density at radius 1 is 1.40 bits per heavy atom. The number of aliphatic hydroxyl groups excluding tert-OH is 1. The molecule has 1 atom stereocenters. The minimum Gasteiger partial charge on any atom is -0.389 e. The fraction of sp³-hybridized carbons (Fsp3) is 0.583. The van der Waals surface area contributed by atoms with Gasteiger partial charge in [0.05, 0.1) is 6.10 Å². The van der Waals surface area contributed by atoms with Gasteiger partial charge in [0.2, 0.25) is 0 Å². The van der Waals surface area contributed by atoms with Crippen molar-refractivity contribution in [1.82, 2.24) is 4.98 Å². The molecule has 0 aliphatic carbocycles. The van der Waals surface area contributed by atoms with Gasteiger partial charge in [0, 0.05) is 19.8 Å². The molecule has 1 N–H and O–H groups in total. The van der Waals surface area contributed by atoms with Crippen molar-refractivity contribution in [1.29, 1.82) is 0 Å². The Balaban J connectivity index is 2.80. The van der Waals surface area contributed by atoms with Gasteiger partial charge in [-0.25, -0.2) is 4.98 Å². The molecule has 0 fully saturated rings. The van der Waals surface area contributed by atoms with Gasteiger partial charge in [0.15, 0.2) is 0 Å². The lowest BCUT2D eigenvalue weighted by Crippen LogP contribution is -2.23. The molecular formula is C12H20N2O. The molecule has 0 saturated heterocycles. The molecule has 3 nitrogen and oxygen atoms in total. The van der Waals surface area contributed by atoms with E-state index in [0.29, 0.717) is 5.92 Å². The van der Waals surface area contributed by atoms with E-state index in [1.54, 1.807) is 13.1 Å². The maximum Gasteiger partial charge on any atom is 0.128 e. The van der Waals surface area contributed by atoms with Crippen LogP contribution in [0.5, 0.6) is 0 Å². The summed E-state index contributed by atoms with van der Waals surface area (Å²) in [5, 5.41) is 9.47. The zero-order valence-electron chi connectivity index (χ0n) is 9.94. The summed E-state index contributed by atoms with van der Waals surface area (Å²) in [6, 6.07) is 3.78. The van der Waals surface area contributed by atoms with Crippen molar-refractivity contribution in [3.05, 3.63) is 23.9 Å². The van der Waals surface area contributed by atoms with Crippen LogP contribution in [-0.2, 0) is 0 Å². The highest BCUT2D eigenvalue weighted by Crippen LogP contribution is 2.17. The van der Waals surface area contributed by atoms with E-state index >= 15 is 0 Å². The van der Waals surface area contributed by atoms with Crippen molar-refractivity contribution in [3.8, 4) is 0 Å². The Morgan fingerprint density at radius 3 is 2.60 bits per heavy atom. The third-order valence-corrected chi connectivity index (χ3v) is 2.28. The van der Waals surface area contributed by atoms with Crippen LogP contribution in [0.2, 0.25) is 0 Å². The van der Waals surface area contributed by atoms with Gasteiger partial charge in [-0.15, -0.1) is 0 Å². The summed E-state index contributed by atoms with van der Waals surface area (Å²) in [7, 11) is 2.02. The van der Waals surface area contributed by atoms with Crippen LogP contribution in [0.3, 0.4) is 0 Å². The number of aliphatic hydroxyl groups is 1. The van der Waals surface area contributed by atoms with Gasteiger partial charge >= 0.3 is 0 Å². The summed E-state index contributed by atoms with van der Waals surface area (Å²) in [6.45, 7) is 7.09. The maximum absolute atomic E-state index is 9.47. The first-order chi connectivity index (χ1) is 7.00. The predicted octanol–water partition coefficient (Wildman–Crippen LogP) is 2.23. The van der Waals surface area contributed by atoms with E-state index in [9.17, 15) is 5.11 Å². The zero-order chi connectivity index (χ0) is 11.4. The number of rotatable bonds is 4. The van der Waals surface area contributed by atoms with Crippen LogP contribution in [0.4, 0.5) is 5.82 Å². The summed E-state index contributed by atoms with van der Waals surface area (Å²) in [6.07, 6.45) is 1.31. The standard InChI is InChI=1S/C12H20N2O/c1-9(2)8-14(4)12-7-11(10(3)15)5-6-13-12/h5-7,9-10,15H,8H2,1-4H3/t10-/m1/s1. The normalized spacial score (nSPS) is 12.9. The Hall–Kier alpha value is -1.09. The second-order valence-electron chi connectivity index (χ2n) is 4.40. The molecule has 0 amide bonds. The van der Waals surface area contributed by atoms with Gasteiger partial charge < -0.3 is 10.0 Å². The maximum atomic E-state index is 9.47. The second-order valence-corrected chi connectivity index (χ2v) is 4.40. The largest absolute Gasteiger partial charge is 0.389 e. The summed E-state index contributed by atoms with van der Waals surface area (Å²) < 4.78 is 0. The Kier molecular flexibility index (Phi) is 4.09. The molecule has 1 heterocycles. The number of nitrogens with zero attached hydrogens (tertiary/aromatic N) is 2. The van der Waals surface area contributed by atoms with Crippen molar-refractivity contribution < 1.29 is 5.11 Å². The summed E-state index contributed by atoms with van der Waals surface area (Å²) in [5.41, 5.74) is 0.913. The first-order valence-electron chi connectivity index (χ1n) is 5.36. The quantitative estimate of drug-likeness (QED) is 0.824. The lowest BCUT2D eigenvalue weighted by molar-refractivity contribution is 0.199. The molecule has 1 rings (SSSR count). The van der Waals surface area contributed by atoms with Crippen molar-refractivity contribution in [2.24, 2.45) is 5.92 Å². The minimum atomic E-state index is -0.431. The van der Waals surface area contributed by atoms with Crippen LogP contribution >= 0.6 is 0 Å². The van der Waals surface area contributed by atoms with E-state index in [-0.39, 0.29) is 0 Å². The molecule has 3 heteroatoms.